The maximum absolute atomic E-state index is 12.1. The Hall–Kier alpha value is -0.940. The number of piperidine rings is 1. The second-order valence-electron chi connectivity index (χ2n) is 4.87. The van der Waals surface area contributed by atoms with Crippen molar-refractivity contribution in [3.8, 4) is 0 Å². The van der Waals surface area contributed by atoms with Crippen LogP contribution in [0.5, 0.6) is 0 Å². The zero-order valence-electron chi connectivity index (χ0n) is 10.6. The van der Waals surface area contributed by atoms with Crippen LogP contribution in [0.4, 0.5) is 0 Å². The highest BCUT2D eigenvalue weighted by Crippen LogP contribution is 2.16. The van der Waals surface area contributed by atoms with Crippen LogP contribution in [-0.4, -0.2) is 29.5 Å². The summed E-state index contributed by atoms with van der Waals surface area (Å²) in [5.41, 5.74) is 0.461. The maximum atomic E-state index is 12.1. The molecule has 3 unspecified atom stereocenters. The summed E-state index contributed by atoms with van der Waals surface area (Å²) in [6.07, 6.45) is 2.73. The average molecular weight is 312 g/mol. The van der Waals surface area contributed by atoms with Crippen LogP contribution in [0.25, 0.3) is 0 Å². The van der Waals surface area contributed by atoms with Crippen molar-refractivity contribution in [2.24, 2.45) is 5.92 Å². The van der Waals surface area contributed by atoms with E-state index in [9.17, 15) is 4.79 Å². The predicted molar refractivity (Wildman–Crippen MR) is 74.4 cm³/mol. The molecule has 1 aliphatic heterocycles. The third kappa shape index (κ3) is 3.09. The van der Waals surface area contributed by atoms with Gasteiger partial charge in [0.05, 0.1) is 0 Å². The number of rotatable bonds is 2. The molecule has 2 N–H and O–H groups in total. The molecule has 1 amide bonds. The van der Waals surface area contributed by atoms with Gasteiger partial charge in [0.2, 0.25) is 0 Å². The molecule has 3 atom stereocenters. The molecule has 2 heterocycles. The molecular formula is C13H18BrN3O. The fourth-order valence-corrected chi connectivity index (χ4v) is 2.58. The van der Waals surface area contributed by atoms with E-state index in [1.54, 1.807) is 12.3 Å². The fraction of sp³-hybridized carbons (Fsp3) is 0.538. The summed E-state index contributed by atoms with van der Waals surface area (Å²) in [7, 11) is 0. The smallest absolute Gasteiger partial charge is 0.270 e. The molecule has 1 aliphatic rings. The Balaban J connectivity index is 2.04. The normalized spacial score (nSPS) is 27.8. The lowest BCUT2D eigenvalue weighted by Gasteiger charge is -2.35. The van der Waals surface area contributed by atoms with E-state index in [1.165, 1.54) is 0 Å². The summed E-state index contributed by atoms with van der Waals surface area (Å²) in [6.45, 7) is 5.30. The molecule has 0 bridgehead atoms. The molecule has 0 aromatic carbocycles. The molecule has 0 spiro atoms. The lowest BCUT2D eigenvalue weighted by Crippen LogP contribution is -2.56. The van der Waals surface area contributed by atoms with Gasteiger partial charge >= 0.3 is 0 Å². The van der Waals surface area contributed by atoms with Crippen molar-refractivity contribution in [3.05, 3.63) is 28.5 Å². The minimum Gasteiger partial charge on any atom is -0.346 e. The van der Waals surface area contributed by atoms with Crippen molar-refractivity contribution in [2.45, 2.75) is 32.4 Å². The molecule has 0 aliphatic carbocycles. The van der Waals surface area contributed by atoms with Crippen LogP contribution in [0.3, 0.4) is 0 Å². The Morgan fingerprint density at radius 2 is 2.28 bits per heavy atom. The van der Waals surface area contributed by atoms with E-state index in [2.05, 4.69) is 45.4 Å². The molecule has 1 aromatic heterocycles. The molecule has 1 saturated heterocycles. The third-order valence-electron chi connectivity index (χ3n) is 3.48. The number of halogens is 1. The van der Waals surface area contributed by atoms with Gasteiger partial charge in [0.1, 0.15) is 5.69 Å². The zero-order valence-corrected chi connectivity index (χ0v) is 12.2. The first kappa shape index (κ1) is 13.5. The van der Waals surface area contributed by atoms with Crippen LogP contribution in [0.2, 0.25) is 0 Å². The number of amides is 1. The van der Waals surface area contributed by atoms with E-state index in [0.717, 1.165) is 17.4 Å². The Morgan fingerprint density at radius 1 is 1.50 bits per heavy atom. The second-order valence-corrected chi connectivity index (χ2v) is 5.79. The quantitative estimate of drug-likeness (QED) is 0.878. The number of carbonyl (C=O) groups is 1. The number of carbonyl (C=O) groups excluding carboxylic acids is 1. The van der Waals surface area contributed by atoms with Crippen LogP contribution in [0.1, 0.15) is 30.8 Å². The van der Waals surface area contributed by atoms with E-state index in [-0.39, 0.29) is 11.9 Å². The van der Waals surface area contributed by atoms with Crippen LogP contribution in [-0.2, 0) is 0 Å². The van der Waals surface area contributed by atoms with Crippen molar-refractivity contribution < 1.29 is 4.79 Å². The monoisotopic (exact) mass is 311 g/mol. The molecule has 4 nitrogen and oxygen atoms in total. The number of nitrogens with zero attached hydrogens (tertiary/aromatic N) is 1. The molecule has 2 rings (SSSR count). The topological polar surface area (TPSA) is 54.0 Å². The molecule has 1 fully saturated rings. The van der Waals surface area contributed by atoms with Gasteiger partial charge in [-0.3, -0.25) is 4.79 Å². The van der Waals surface area contributed by atoms with E-state index in [4.69, 9.17) is 0 Å². The van der Waals surface area contributed by atoms with Gasteiger partial charge < -0.3 is 10.6 Å². The zero-order chi connectivity index (χ0) is 13.1. The van der Waals surface area contributed by atoms with Gasteiger partial charge in [0.25, 0.3) is 5.91 Å². The standard InChI is InChI=1S/C13H18BrN3O/c1-8-5-6-15-9(2)12(8)17-13(18)11-4-3-10(14)7-16-11/h3-4,7-9,12,15H,5-6H2,1-2H3,(H,17,18). The summed E-state index contributed by atoms with van der Waals surface area (Å²) < 4.78 is 0.875. The SMILES string of the molecule is CC1CCNC(C)C1NC(=O)c1ccc(Br)cn1. The Kier molecular flexibility index (Phi) is 4.35. The molecule has 5 heteroatoms. The van der Waals surface area contributed by atoms with Gasteiger partial charge in [-0.05, 0) is 53.9 Å². The number of nitrogens with one attached hydrogen (secondary N) is 2. The molecule has 1 aromatic rings. The highest BCUT2D eigenvalue weighted by molar-refractivity contribution is 9.10. The average Bonchev–Trinajstić information content (AvgIpc) is 2.34. The second kappa shape index (κ2) is 5.80. The predicted octanol–water partition coefficient (Wildman–Crippen LogP) is 1.96. The summed E-state index contributed by atoms with van der Waals surface area (Å²) in [4.78, 5) is 16.2. The van der Waals surface area contributed by atoms with E-state index < -0.39 is 0 Å². The Bertz CT molecular complexity index is 411. The number of aromatic nitrogens is 1. The van der Waals surface area contributed by atoms with Crippen LogP contribution in [0.15, 0.2) is 22.8 Å². The summed E-state index contributed by atoms with van der Waals surface area (Å²) in [5, 5.41) is 6.46. The van der Waals surface area contributed by atoms with Crippen LogP contribution in [0, 0.1) is 5.92 Å². The highest BCUT2D eigenvalue weighted by Gasteiger charge is 2.29. The van der Waals surface area contributed by atoms with Crippen molar-refractivity contribution in [2.75, 3.05) is 6.54 Å². The van der Waals surface area contributed by atoms with E-state index in [0.29, 0.717) is 17.7 Å². The number of hydrogen-bond donors (Lipinski definition) is 2. The lowest BCUT2D eigenvalue weighted by atomic mass is 9.89. The third-order valence-corrected chi connectivity index (χ3v) is 3.94. The van der Waals surface area contributed by atoms with E-state index in [1.807, 2.05) is 6.07 Å². The Labute approximate surface area is 116 Å². The summed E-state index contributed by atoms with van der Waals surface area (Å²) in [6, 6.07) is 4.02. The van der Waals surface area contributed by atoms with E-state index >= 15 is 0 Å². The largest absolute Gasteiger partial charge is 0.346 e. The molecule has 18 heavy (non-hydrogen) atoms. The molecule has 0 radical (unpaired) electrons. The molecular weight excluding hydrogens is 294 g/mol. The Morgan fingerprint density at radius 3 is 2.89 bits per heavy atom. The van der Waals surface area contributed by atoms with Crippen molar-refractivity contribution in [1.82, 2.24) is 15.6 Å². The van der Waals surface area contributed by atoms with Crippen LogP contribution >= 0.6 is 15.9 Å². The van der Waals surface area contributed by atoms with Crippen molar-refractivity contribution in [1.29, 1.82) is 0 Å². The van der Waals surface area contributed by atoms with Crippen LogP contribution < -0.4 is 10.6 Å². The first-order chi connectivity index (χ1) is 8.58. The van der Waals surface area contributed by atoms with Gasteiger partial charge in [0, 0.05) is 22.8 Å². The minimum absolute atomic E-state index is 0.102. The van der Waals surface area contributed by atoms with Crippen molar-refractivity contribution in [3.63, 3.8) is 0 Å². The van der Waals surface area contributed by atoms with Gasteiger partial charge in [-0.2, -0.15) is 0 Å². The highest BCUT2D eigenvalue weighted by atomic mass is 79.9. The number of pyridine rings is 1. The van der Waals surface area contributed by atoms with Gasteiger partial charge in [-0.25, -0.2) is 4.98 Å². The fourth-order valence-electron chi connectivity index (χ4n) is 2.34. The molecule has 0 saturated carbocycles. The van der Waals surface area contributed by atoms with Crippen molar-refractivity contribution >= 4 is 21.8 Å². The number of hydrogen-bond acceptors (Lipinski definition) is 3. The maximum Gasteiger partial charge on any atom is 0.270 e. The first-order valence-corrected chi connectivity index (χ1v) is 7.03. The summed E-state index contributed by atoms with van der Waals surface area (Å²) >= 11 is 3.31. The van der Waals surface area contributed by atoms with Gasteiger partial charge in [-0.1, -0.05) is 6.92 Å². The summed E-state index contributed by atoms with van der Waals surface area (Å²) in [5.74, 6) is 0.385. The van der Waals surface area contributed by atoms with Gasteiger partial charge in [0.15, 0.2) is 0 Å². The lowest BCUT2D eigenvalue weighted by molar-refractivity contribution is 0.0892. The van der Waals surface area contributed by atoms with Gasteiger partial charge in [-0.15, -0.1) is 0 Å². The minimum atomic E-state index is -0.102. The molecule has 98 valence electrons. The first-order valence-electron chi connectivity index (χ1n) is 6.23.